The lowest BCUT2D eigenvalue weighted by atomic mass is 9.74. The number of rotatable bonds is 10. The molecule has 1 aromatic heterocycles. The van der Waals surface area contributed by atoms with Gasteiger partial charge in [-0.2, -0.15) is 0 Å². The molecule has 0 bridgehead atoms. The van der Waals surface area contributed by atoms with Gasteiger partial charge in [0.05, 0.1) is 18.2 Å². The Morgan fingerprint density at radius 2 is 1.87 bits per heavy atom. The van der Waals surface area contributed by atoms with E-state index in [1.165, 1.54) is 0 Å². The molecule has 198 valence electrons. The molecule has 2 heterocycles. The first-order chi connectivity index (χ1) is 18.2. The van der Waals surface area contributed by atoms with Gasteiger partial charge >= 0.3 is 7.12 Å². The number of aromatic nitrogens is 1. The van der Waals surface area contributed by atoms with E-state index in [0.717, 1.165) is 16.3 Å². The van der Waals surface area contributed by atoms with Crippen molar-refractivity contribution in [2.75, 3.05) is 6.54 Å². The van der Waals surface area contributed by atoms with Crippen LogP contribution in [-0.4, -0.2) is 57.8 Å². The van der Waals surface area contributed by atoms with Gasteiger partial charge in [0, 0.05) is 29.4 Å². The number of carbonyl (C=O) groups is 2. The summed E-state index contributed by atoms with van der Waals surface area (Å²) in [6.45, 7) is 3.90. The molecule has 2 amide bonds. The third kappa shape index (κ3) is 6.50. The van der Waals surface area contributed by atoms with Gasteiger partial charge in [-0.05, 0) is 41.5 Å². The summed E-state index contributed by atoms with van der Waals surface area (Å²) in [4.78, 5) is 36.5. The molecule has 0 fully saturated rings. The van der Waals surface area contributed by atoms with Crippen LogP contribution in [0.15, 0.2) is 65.9 Å². The molecule has 2 atom stereocenters. The van der Waals surface area contributed by atoms with E-state index in [-0.39, 0.29) is 31.2 Å². The summed E-state index contributed by atoms with van der Waals surface area (Å²) in [5.41, 5.74) is 0.110. The molecule has 1 aliphatic rings. The van der Waals surface area contributed by atoms with Gasteiger partial charge < -0.3 is 25.5 Å². The number of oxime groups is 1. The Morgan fingerprint density at radius 3 is 2.58 bits per heavy atom. The van der Waals surface area contributed by atoms with E-state index in [1.807, 2.05) is 44.2 Å². The summed E-state index contributed by atoms with van der Waals surface area (Å²) >= 11 is 6.02. The lowest BCUT2D eigenvalue weighted by Gasteiger charge is -2.29. The number of hydrogen-bond acceptors (Lipinski definition) is 7. The van der Waals surface area contributed by atoms with Gasteiger partial charge in [0.1, 0.15) is 5.69 Å². The number of nitrogens with zero attached hydrogens (tertiary/aromatic N) is 2. The average molecular weight is 537 g/mol. The smallest absolute Gasteiger partial charge is 0.426 e. The number of nitrogens with one attached hydrogen (secondary N) is 2. The summed E-state index contributed by atoms with van der Waals surface area (Å²) in [7, 11) is -1.73. The minimum absolute atomic E-state index is 0.0530. The largest absolute Gasteiger partial charge is 0.475 e. The molecular weight excluding hydrogens is 507 g/mol. The quantitative estimate of drug-likeness (QED) is 0.295. The maximum absolute atomic E-state index is 13.5. The fourth-order valence-electron chi connectivity index (χ4n) is 4.50. The van der Waals surface area contributed by atoms with Crippen molar-refractivity contribution in [2.24, 2.45) is 11.1 Å². The second-order valence-electron chi connectivity index (χ2n) is 9.91. The number of halogens is 1. The Labute approximate surface area is 226 Å². The summed E-state index contributed by atoms with van der Waals surface area (Å²) < 4.78 is 0. The topological polar surface area (TPSA) is 133 Å². The van der Waals surface area contributed by atoms with Crippen molar-refractivity contribution in [2.45, 2.75) is 44.7 Å². The number of carbonyl (C=O) groups excluding carboxylic acids is 2. The zero-order valence-electron chi connectivity index (χ0n) is 21.2. The van der Waals surface area contributed by atoms with Gasteiger partial charge in [-0.25, -0.2) is 0 Å². The Bertz CT molecular complexity index is 1330. The summed E-state index contributed by atoms with van der Waals surface area (Å²) in [6.07, 6.45) is 2.21. The zero-order valence-corrected chi connectivity index (χ0v) is 22.0. The molecule has 4 N–H and O–H groups in total. The number of pyridine rings is 1. The lowest BCUT2D eigenvalue weighted by Crippen LogP contribution is -2.56. The van der Waals surface area contributed by atoms with Crippen molar-refractivity contribution in [1.82, 2.24) is 15.6 Å². The highest BCUT2D eigenvalue weighted by Gasteiger charge is 2.48. The van der Waals surface area contributed by atoms with E-state index in [4.69, 9.17) is 16.4 Å². The predicted octanol–water partition coefficient (Wildman–Crippen LogP) is 2.92. The minimum atomic E-state index is -1.73. The van der Waals surface area contributed by atoms with Crippen LogP contribution in [0.3, 0.4) is 0 Å². The van der Waals surface area contributed by atoms with Gasteiger partial charge in [-0.1, -0.05) is 67.0 Å². The molecule has 0 aliphatic carbocycles. The number of hydrogen-bond donors (Lipinski definition) is 4. The standard InChI is InChI=1S/C27H30BClN4O5/c1-17(2)13-23(28(36)37)32-26(35)27(14-18-7-9-20(29)10-8-18)15-21(33-38-27)16-31-25(34)24-22-6-4-3-5-19(22)11-12-30-24/h3-12,17,23,36-37H,13-16H2,1-2H3,(H,31,34)(H,32,35). The minimum Gasteiger partial charge on any atom is -0.426 e. The van der Waals surface area contributed by atoms with Crippen molar-refractivity contribution >= 4 is 47.0 Å². The van der Waals surface area contributed by atoms with Gasteiger partial charge in [-0.15, -0.1) is 0 Å². The van der Waals surface area contributed by atoms with E-state index in [2.05, 4.69) is 20.8 Å². The molecule has 9 nitrogen and oxygen atoms in total. The first kappa shape index (κ1) is 27.6. The van der Waals surface area contributed by atoms with Crippen molar-refractivity contribution in [3.05, 3.63) is 77.1 Å². The van der Waals surface area contributed by atoms with Crippen LogP contribution in [-0.2, 0) is 16.1 Å². The fourth-order valence-corrected chi connectivity index (χ4v) is 4.63. The van der Waals surface area contributed by atoms with Crippen molar-refractivity contribution in [1.29, 1.82) is 0 Å². The molecule has 4 rings (SSSR count). The van der Waals surface area contributed by atoms with Crippen LogP contribution in [0.4, 0.5) is 0 Å². The average Bonchev–Trinajstić information content (AvgIpc) is 3.31. The number of fused-ring (bicyclic) bond motifs is 1. The second-order valence-corrected chi connectivity index (χ2v) is 10.3. The van der Waals surface area contributed by atoms with E-state index in [9.17, 15) is 19.6 Å². The highest BCUT2D eigenvalue weighted by molar-refractivity contribution is 6.43. The number of amides is 2. The highest BCUT2D eigenvalue weighted by Crippen LogP contribution is 2.30. The molecule has 38 heavy (non-hydrogen) atoms. The fraction of sp³-hybridized carbons (Fsp3) is 0.333. The highest BCUT2D eigenvalue weighted by atomic mass is 35.5. The summed E-state index contributed by atoms with van der Waals surface area (Å²) in [5, 5.41) is 31.6. The Morgan fingerprint density at radius 1 is 1.13 bits per heavy atom. The van der Waals surface area contributed by atoms with Crippen LogP contribution in [0, 0.1) is 5.92 Å². The predicted molar refractivity (Wildman–Crippen MR) is 147 cm³/mol. The molecule has 2 unspecified atom stereocenters. The molecule has 0 spiro atoms. The molecular formula is C27H30BClN4O5. The van der Waals surface area contributed by atoms with Gasteiger partial charge in [0.25, 0.3) is 11.8 Å². The summed E-state index contributed by atoms with van der Waals surface area (Å²) in [5.74, 6) is -1.66. The zero-order chi connectivity index (χ0) is 27.3. The first-order valence-corrected chi connectivity index (χ1v) is 12.8. The Balaban J connectivity index is 1.50. The Hall–Kier alpha value is -3.47. The molecule has 1 aliphatic heterocycles. The van der Waals surface area contributed by atoms with E-state index < -0.39 is 24.6 Å². The van der Waals surface area contributed by atoms with Crippen molar-refractivity contribution in [3.8, 4) is 0 Å². The molecule has 2 aromatic carbocycles. The molecule has 3 aromatic rings. The summed E-state index contributed by atoms with van der Waals surface area (Å²) in [6, 6.07) is 16.3. The lowest BCUT2D eigenvalue weighted by molar-refractivity contribution is -0.144. The molecule has 0 radical (unpaired) electrons. The van der Waals surface area contributed by atoms with Crippen LogP contribution in [0.2, 0.25) is 5.02 Å². The van der Waals surface area contributed by atoms with Crippen LogP contribution in [0.1, 0.15) is 42.7 Å². The molecule has 0 saturated heterocycles. The maximum atomic E-state index is 13.5. The van der Waals surface area contributed by atoms with Crippen molar-refractivity contribution in [3.63, 3.8) is 0 Å². The van der Waals surface area contributed by atoms with Crippen LogP contribution < -0.4 is 10.6 Å². The Kier molecular flexibility index (Phi) is 8.66. The first-order valence-electron chi connectivity index (χ1n) is 12.4. The third-order valence-electron chi connectivity index (χ3n) is 6.40. The van der Waals surface area contributed by atoms with E-state index >= 15 is 0 Å². The normalized spacial score (nSPS) is 17.6. The second kappa shape index (κ2) is 11.9. The number of benzene rings is 2. The van der Waals surface area contributed by atoms with Crippen LogP contribution >= 0.6 is 11.6 Å². The maximum Gasteiger partial charge on any atom is 0.475 e. The third-order valence-corrected chi connectivity index (χ3v) is 6.65. The van der Waals surface area contributed by atoms with E-state index in [1.54, 1.807) is 30.5 Å². The molecule has 11 heteroatoms. The van der Waals surface area contributed by atoms with Gasteiger partial charge in [-0.3, -0.25) is 14.6 Å². The van der Waals surface area contributed by atoms with Crippen molar-refractivity contribution < 1.29 is 24.5 Å². The SMILES string of the molecule is CC(C)CC(NC(=O)C1(Cc2ccc(Cl)cc2)CC(CNC(=O)c2nccc3ccccc23)=NO1)B(O)O. The van der Waals surface area contributed by atoms with Crippen LogP contribution in [0.25, 0.3) is 10.8 Å². The van der Waals surface area contributed by atoms with E-state index in [0.29, 0.717) is 22.8 Å². The monoisotopic (exact) mass is 536 g/mol. The van der Waals surface area contributed by atoms with Gasteiger partial charge in [0.15, 0.2) is 0 Å². The van der Waals surface area contributed by atoms with Crippen LogP contribution in [0.5, 0.6) is 0 Å². The van der Waals surface area contributed by atoms with Gasteiger partial charge in [0.2, 0.25) is 5.60 Å². The molecule has 0 saturated carbocycles.